The van der Waals surface area contributed by atoms with Crippen LogP contribution in [0.2, 0.25) is 0 Å². The second kappa shape index (κ2) is 11.2. The summed E-state index contributed by atoms with van der Waals surface area (Å²) in [5, 5.41) is 14.1. The third-order valence-electron chi connectivity index (χ3n) is 3.33. The van der Waals surface area contributed by atoms with E-state index in [9.17, 15) is 18.0 Å². The Morgan fingerprint density at radius 1 is 1.31 bits per heavy atom. The zero-order valence-electron chi connectivity index (χ0n) is 14.5. The lowest BCUT2D eigenvalue weighted by atomic mass is 10.2. The molecular weight excluding hydrogens is 347 g/mol. The minimum Gasteiger partial charge on any atom is -0.381 e. The lowest BCUT2D eigenvalue weighted by Gasteiger charge is -2.09. The highest BCUT2D eigenvalue weighted by Gasteiger charge is 2.30. The van der Waals surface area contributed by atoms with Gasteiger partial charge in [-0.3, -0.25) is 4.79 Å². The quantitative estimate of drug-likeness (QED) is 0.373. The van der Waals surface area contributed by atoms with Gasteiger partial charge in [0.1, 0.15) is 11.6 Å². The summed E-state index contributed by atoms with van der Waals surface area (Å²) in [4.78, 5) is 11.9. The van der Waals surface area contributed by atoms with Gasteiger partial charge in [0.25, 0.3) is 5.91 Å². The van der Waals surface area contributed by atoms with Gasteiger partial charge in [-0.1, -0.05) is 19.4 Å². The van der Waals surface area contributed by atoms with Gasteiger partial charge in [0, 0.05) is 31.6 Å². The van der Waals surface area contributed by atoms with E-state index in [2.05, 4.69) is 17.6 Å². The van der Waals surface area contributed by atoms with Crippen molar-refractivity contribution < 1.29 is 22.7 Å². The van der Waals surface area contributed by atoms with Crippen molar-refractivity contribution >= 4 is 11.6 Å². The molecule has 0 saturated carbocycles. The molecule has 142 valence electrons. The second-order valence-corrected chi connectivity index (χ2v) is 5.47. The first-order valence-electron chi connectivity index (χ1n) is 8.28. The second-order valence-electron chi connectivity index (χ2n) is 5.47. The number of nitrogens with one attached hydrogen (secondary N) is 2. The highest BCUT2D eigenvalue weighted by Crippen LogP contribution is 2.30. The highest BCUT2D eigenvalue weighted by atomic mass is 19.4. The maximum Gasteiger partial charge on any atom is 0.416 e. The van der Waals surface area contributed by atoms with Gasteiger partial charge in [-0.05, 0) is 31.0 Å². The molecule has 1 aromatic carbocycles. The van der Waals surface area contributed by atoms with Gasteiger partial charge in [0.2, 0.25) is 0 Å². The van der Waals surface area contributed by atoms with Gasteiger partial charge in [0.15, 0.2) is 0 Å². The van der Waals surface area contributed by atoms with Gasteiger partial charge in [-0.15, -0.1) is 0 Å². The number of anilines is 1. The number of unbranched alkanes of at least 4 members (excludes halogenated alkanes) is 1. The molecule has 0 heterocycles. The fourth-order valence-electron chi connectivity index (χ4n) is 1.91. The lowest BCUT2D eigenvalue weighted by molar-refractivity contribution is -0.137. The van der Waals surface area contributed by atoms with Crippen LogP contribution in [0.4, 0.5) is 18.9 Å². The highest BCUT2D eigenvalue weighted by molar-refractivity contribution is 5.97. The molecule has 0 aliphatic rings. The first-order chi connectivity index (χ1) is 12.4. The van der Waals surface area contributed by atoms with E-state index in [0.717, 1.165) is 31.2 Å². The average Bonchev–Trinajstić information content (AvgIpc) is 2.61. The van der Waals surface area contributed by atoms with Gasteiger partial charge in [-0.25, -0.2) is 0 Å². The Bertz CT molecular complexity index is 652. The van der Waals surface area contributed by atoms with Crippen LogP contribution in [-0.2, 0) is 15.7 Å². The van der Waals surface area contributed by atoms with Gasteiger partial charge >= 0.3 is 6.18 Å². The number of nitrogens with zero attached hydrogens (tertiary/aromatic N) is 1. The Hall–Kier alpha value is -2.53. The number of alkyl halides is 3. The Labute approximate surface area is 150 Å². The number of rotatable bonds is 10. The van der Waals surface area contributed by atoms with Crippen molar-refractivity contribution in [2.24, 2.45) is 0 Å². The predicted molar refractivity (Wildman–Crippen MR) is 92.1 cm³/mol. The molecular formula is C18H22F3N3O2. The van der Waals surface area contributed by atoms with Crippen molar-refractivity contribution in [2.75, 3.05) is 25.1 Å². The molecule has 0 fully saturated rings. The van der Waals surface area contributed by atoms with Crippen LogP contribution in [0, 0.1) is 11.3 Å². The molecule has 5 nitrogen and oxygen atoms in total. The maximum absolute atomic E-state index is 12.7. The van der Waals surface area contributed by atoms with Crippen LogP contribution in [0.3, 0.4) is 0 Å². The van der Waals surface area contributed by atoms with E-state index in [0.29, 0.717) is 26.2 Å². The SMILES string of the molecule is CCCCOCCCNC(=O)/C(C#N)=C\Nc1cccc(C(F)(F)F)c1. The molecule has 1 rings (SSSR count). The molecule has 0 aliphatic heterocycles. The van der Waals surface area contributed by atoms with Crippen LogP contribution in [-0.4, -0.2) is 25.7 Å². The van der Waals surface area contributed by atoms with E-state index in [1.165, 1.54) is 12.1 Å². The first-order valence-corrected chi connectivity index (χ1v) is 8.28. The van der Waals surface area contributed by atoms with Crippen molar-refractivity contribution in [1.82, 2.24) is 5.32 Å². The molecule has 0 aliphatic carbocycles. The molecule has 0 atom stereocenters. The number of benzene rings is 1. The first kappa shape index (κ1) is 21.5. The van der Waals surface area contributed by atoms with Gasteiger partial charge in [0.05, 0.1) is 5.56 Å². The van der Waals surface area contributed by atoms with Crippen LogP contribution in [0.5, 0.6) is 0 Å². The Morgan fingerprint density at radius 3 is 2.69 bits per heavy atom. The van der Waals surface area contributed by atoms with Crippen molar-refractivity contribution in [3.05, 3.63) is 41.6 Å². The maximum atomic E-state index is 12.7. The number of halogens is 3. The zero-order valence-corrected chi connectivity index (χ0v) is 14.5. The summed E-state index contributed by atoms with van der Waals surface area (Å²) in [6.07, 6.45) is -0.741. The molecule has 0 aromatic heterocycles. The van der Waals surface area contributed by atoms with E-state index in [1.807, 2.05) is 0 Å². The van der Waals surface area contributed by atoms with E-state index >= 15 is 0 Å². The number of carbonyl (C=O) groups excluding carboxylic acids is 1. The van der Waals surface area contributed by atoms with Crippen molar-refractivity contribution in [1.29, 1.82) is 5.26 Å². The molecule has 0 unspecified atom stereocenters. The van der Waals surface area contributed by atoms with Crippen LogP contribution in [0.15, 0.2) is 36.0 Å². The molecule has 26 heavy (non-hydrogen) atoms. The van der Waals surface area contributed by atoms with Gasteiger partial charge in [-0.2, -0.15) is 18.4 Å². The molecule has 0 radical (unpaired) electrons. The van der Waals surface area contributed by atoms with E-state index < -0.39 is 17.6 Å². The van der Waals surface area contributed by atoms with Crippen molar-refractivity contribution in [3.8, 4) is 6.07 Å². The molecule has 0 spiro atoms. The van der Waals surface area contributed by atoms with E-state index in [1.54, 1.807) is 6.07 Å². The Morgan fingerprint density at radius 2 is 2.04 bits per heavy atom. The van der Waals surface area contributed by atoms with Gasteiger partial charge < -0.3 is 15.4 Å². The number of carbonyl (C=O) groups is 1. The van der Waals surface area contributed by atoms with E-state index in [-0.39, 0.29) is 11.3 Å². The van der Waals surface area contributed by atoms with Crippen molar-refractivity contribution in [3.63, 3.8) is 0 Å². The summed E-state index contributed by atoms with van der Waals surface area (Å²) in [6.45, 7) is 3.59. The fraction of sp³-hybridized carbons (Fsp3) is 0.444. The minimum atomic E-state index is -4.46. The molecule has 2 N–H and O–H groups in total. The summed E-state index contributed by atoms with van der Waals surface area (Å²) < 4.78 is 43.3. The summed E-state index contributed by atoms with van der Waals surface area (Å²) >= 11 is 0. The number of ether oxygens (including phenoxy) is 1. The third kappa shape index (κ3) is 8.03. The standard InChI is InChI=1S/C18H22F3N3O2/c1-2-3-9-26-10-5-8-23-17(25)14(12-22)13-24-16-7-4-6-15(11-16)18(19,20)21/h4,6-7,11,13,24H,2-3,5,8-10H2,1H3,(H,23,25)/b14-13-. The largest absolute Gasteiger partial charge is 0.416 e. The summed E-state index contributed by atoms with van der Waals surface area (Å²) in [5.41, 5.74) is -0.916. The summed E-state index contributed by atoms with van der Waals surface area (Å²) in [5.74, 6) is -0.597. The van der Waals surface area contributed by atoms with Crippen molar-refractivity contribution in [2.45, 2.75) is 32.4 Å². The molecule has 1 aromatic rings. The minimum absolute atomic E-state index is 0.129. The normalized spacial score (nSPS) is 11.7. The predicted octanol–water partition coefficient (Wildman–Crippen LogP) is 3.85. The molecule has 0 saturated heterocycles. The third-order valence-corrected chi connectivity index (χ3v) is 3.33. The van der Waals surface area contributed by atoms with Crippen LogP contribution < -0.4 is 10.6 Å². The summed E-state index contributed by atoms with van der Waals surface area (Å²) in [7, 11) is 0. The lowest BCUT2D eigenvalue weighted by Crippen LogP contribution is -2.26. The number of hydrogen-bond donors (Lipinski definition) is 2. The number of nitriles is 1. The molecule has 1 amide bonds. The van der Waals surface area contributed by atoms with Crippen LogP contribution in [0.1, 0.15) is 31.7 Å². The number of hydrogen-bond acceptors (Lipinski definition) is 4. The number of amides is 1. The zero-order chi connectivity index (χ0) is 19.4. The van der Waals surface area contributed by atoms with E-state index in [4.69, 9.17) is 10.00 Å². The average molecular weight is 369 g/mol. The van der Waals surface area contributed by atoms with Crippen LogP contribution in [0.25, 0.3) is 0 Å². The molecule has 8 heteroatoms. The fourth-order valence-corrected chi connectivity index (χ4v) is 1.91. The molecule has 0 bridgehead atoms. The Kier molecular flexibility index (Phi) is 9.23. The smallest absolute Gasteiger partial charge is 0.381 e. The summed E-state index contributed by atoms with van der Waals surface area (Å²) in [6, 6.07) is 6.21. The Balaban J connectivity index is 2.50. The van der Waals surface area contributed by atoms with Crippen LogP contribution >= 0.6 is 0 Å². The topological polar surface area (TPSA) is 74.1 Å². The monoisotopic (exact) mass is 369 g/mol.